The number of nitrogens with zero attached hydrogens (tertiary/aromatic N) is 2. The first-order chi connectivity index (χ1) is 11.8. The first-order valence-electron chi connectivity index (χ1n) is 7.75. The van der Waals surface area contributed by atoms with Gasteiger partial charge in [-0.1, -0.05) is 12.1 Å². The van der Waals surface area contributed by atoms with Gasteiger partial charge in [0, 0.05) is 22.6 Å². The highest BCUT2D eigenvalue weighted by Crippen LogP contribution is 2.30. The molecular weight excluding hydrogens is 407 g/mol. The maximum Gasteiger partial charge on any atom is 0.269 e. The van der Waals surface area contributed by atoms with Crippen LogP contribution in [-0.2, 0) is 16.4 Å². The van der Waals surface area contributed by atoms with Gasteiger partial charge >= 0.3 is 0 Å². The molecule has 0 saturated heterocycles. The van der Waals surface area contributed by atoms with Gasteiger partial charge in [0.25, 0.3) is 10.0 Å². The molecule has 0 N–H and O–H groups in total. The molecule has 132 valence electrons. The maximum absolute atomic E-state index is 13.7. The van der Waals surface area contributed by atoms with E-state index in [0.717, 1.165) is 12.1 Å². The van der Waals surface area contributed by atoms with Gasteiger partial charge in [0.15, 0.2) is 0 Å². The van der Waals surface area contributed by atoms with Crippen molar-refractivity contribution in [3.05, 3.63) is 64.5 Å². The Kier molecular flexibility index (Phi) is 4.99. The topological polar surface area (TPSA) is 42.3 Å². The molecule has 0 atom stereocenters. The number of aromatic nitrogens is 1. The fraction of sp³-hybridized carbons (Fsp3) is 0.222. The van der Waals surface area contributed by atoms with E-state index in [4.69, 9.17) is 0 Å². The van der Waals surface area contributed by atoms with Crippen LogP contribution in [0.5, 0.6) is 0 Å². The normalized spacial score (nSPS) is 12.2. The summed E-state index contributed by atoms with van der Waals surface area (Å²) in [7, 11) is 0.0910. The predicted octanol–water partition coefficient (Wildman–Crippen LogP) is 3.88. The quantitative estimate of drug-likeness (QED) is 0.623. The van der Waals surface area contributed by atoms with Crippen LogP contribution < -0.4 is 0 Å². The highest BCUT2D eigenvalue weighted by Gasteiger charge is 2.23. The first kappa shape index (κ1) is 18.1. The molecular formula is C18H18BrFN2O2S. The van der Waals surface area contributed by atoms with Crippen LogP contribution >= 0.6 is 15.9 Å². The van der Waals surface area contributed by atoms with Crippen LogP contribution in [0.4, 0.5) is 4.39 Å². The van der Waals surface area contributed by atoms with Crippen LogP contribution in [0.2, 0.25) is 0 Å². The fourth-order valence-electron chi connectivity index (χ4n) is 2.74. The number of rotatable bonds is 5. The minimum atomic E-state index is -3.79. The van der Waals surface area contributed by atoms with Gasteiger partial charge in [0.1, 0.15) is 10.7 Å². The van der Waals surface area contributed by atoms with E-state index in [1.807, 2.05) is 19.0 Å². The lowest BCUT2D eigenvalue weighted by Crippen LogP contribution is -2.15. The molecule has 0 amide bonds. The van der Waals surface area contributed by atoms with Crippen LogP contribution in [0.25, 0.3) is 10.9 Å². The monoisotopic (exact) mass is 424 g/mol. The minimum absolute atomic E-state index is 0.176. The first-order valence-corrected chi connectivity index (χ1v) is 9.98. The zero-order valence-electron chi connectivity index (χ0n) is 13.9. The Morgan fingerprint density at radius 2 is 1.88 bits per heavy atom. The second-order valence-corrected chi connectivity index (χ2v) is 8.74. The van der Waals surface area contributed by atoms with Gasteiger partial charge < -0.3 is 4.90 Å². The predicted molar refractivity (Wildman–Crippen MR) is 101 cm³/mol. The standard InChI is InChI=1S/C18H18BrFN2O2S/c1-21(2)10-9-13-12-22(17-8-7-14(20)11-15(13)17)25(23,24)18-6-4-3-5-16(18)19/h3-8,11-12H,9-10H2,1-2H3. The summed E-state index contributed by atoms with van der Waals surface area (Å²) in [6.45, 7) is 0.741. The maximum atomic E-state index is 13.7. The third-order valence-corrected chi connectivity index (χ3v) is 6.70. The Morgan fingerprint density at radius 1 is 1.16 bits per heavy atom. The lowest BCUT2D eigenvalue weighted by molar-refractivity contribution is 0.414. The molecule has 25 heavy (non-hydrogen) atoms. The molecule has 2 aromatic carbocycles. The number of hydrogen-bond donors (Lipinski definition) is 0. The number of benzene rings is 2. The van der Waals surface area contributed by atoms with E-state index in [1.54, 1.807) is 30.5 Å². The molecule has 0 bridgehead atoms. The molecule has 0 aliphatic carbocycles. The van der Waals surface area contributed by atoms with Gasteiger partial charge in [0.2, 0.25) is 0 Å². The average Bonchev–Trinajstić information content (AvgIpc) is 2.91. The molecule has 0 saturated carbocycles. The SMILES string of the molecule is CN(C)CCc1cn(S(=O)(=O)c2ccccc2Br)c2ccc(F)cc12. The van der Waals surface area contributed by atoms with Crippen molar-refractivity contribution in [2.24, 2.45) is 0 Å². The molecule has 3 aromatic rings. The van der Waals surface area contributed by atoms with Crippen molar-refractivity contribution >= 4 is 36.9 Å². The average molecular weight is 425 g/mol. The zero-order valence-corrected chi connectivity index (χ0v) is 16.3. The van der Waals surface area contributed by atoms with Crippen molar-refractivity contribution in [1.29, 1.82) is 0 Å². The Labute approximate surface area is 155 Å². The molecule has 0 spiro atoms. The summed E-state index contributed by atoms with van der Waals surface area (Å²) in [6.07, 6.45) is 2.23. The van der Waals surface area contributed by atoms with E-state index < -0.39 is 10.0 Å². The van der Waals surface area contributed by atoms with Crippen LogP contribution in [0.1, 0.15) is 5.56 Å². The second-order valence-electron chi connectivity index (χ2n) is 6.10. The van der Waals surface area contributed by atoms with Gasteiger partial charge in [-0.3, -0.25) is 0 Å². The second kappa shape index (κ2) is 6.90. The molecule has 3 rings (SSSR count). The largest absolute Gasteiger partial charge is 0.309 e. The van der Waals surface area contributed by atoms with E-state index >= 15 is 0 Å². The summed E-state index contributed by atoms with van der Waals surface area (Å²) in [6, 6.07) is 10.9. The zero-order chi connectivity index (χ0) is 18.2. The summed E-state index contributed by atoms with van der Waals surface area (Å²) < 4.78 is 41.7. The van der Waals surface area contributed by atoms with Crippen LogP contribution in [0.15, 0.2) is 58.0 Å². The van der Waals surface area contributed by atoms with Gasteiger partial charge in [-0.15, -0.1) is 0 Å². The van der Waals surface area contributed by atoms with Crippen LogP contribution in [0, 0.1) is 5.82 Å². The molecule has 4 nitrogen and oxygen atoms in total. The number of halogens is 2. The highest BCUT2D eigenvalue weighted by atomic mass is 79.9. The Balaban J connectivity index is 2.21. The third-order valence-electron chi connectivity index (χ3n) is 4.02. The molecule has 0 aliphatic heterocycles. The van der Waals surface area contributed by atoms with Gasteiger partial charge in [0.05, 0.1) is 5.52 Å². The van der Waals surface area contributed by atoms with E-state index in [1.165, 1.54) is 22.2 Å². The molecule has 1 heterocycles. The Bertz CT molecular complexity index is 1030. The van der Waals surface area contributed by atoms with Gasteiger partial charge in [-0.25, -0.2) is 16.8 Å². The van der Waals surface area contributed by atoms with Gasteiger partial charge in [-0.2, -0.15) is 0 Å². The molecule has 1 aromatic heterocycles. The smallest absolute Gasteiger partial charge is 0.269 e. The van der Waals surface area contributed by atoms with E-state index in [0.29, 0.717) is 21.8 Å². The summed E-state index contributed by atoms with van der Waals surface area (Å²) in [5, 5.41) is 0.623. The van der Waals surface area contributed by atoms with Gasteiger partial charge in [-0.05, 0) is 72.3 Å². The summed E-state index contributed by atoms with van der Waals surface area (Å²) in [5.74, 6) is -0.380. The van der Waals surface area contributed by atoms with Crippen molar-refractivity contribution in [1.82, 2.24) is 8.87 Å². The number of fused-ring (bicyclic) bond motifs is 1. The van der Waals surface area contributed by atoms with E-state index in [2.05, 4.69) is 15.9 Å². The van der Waals surface area contributed by atoms with Crippen LogP contribution in [0.3, 0.4) is 0 Å². The molecule has 0 radical (unpaired) electrons. The van der Waals surface area contributed by atoms with E-state index in [9.17, 15) is 12.8 Å². The molecule has 0 unspecified atom stereocenters. The number of hydrogen-bond acceptors (Lipinski definition) is 3. The van der Waals surface area contributed by atoms with Crippen molar-refractivity contribution in [2.45, 2.75) is 11.3 Å². The summed E-state index contributed by atoms with van der Waals surface area (Å²) in [4.78, 5) is 2.18. The molecule has 0 aliphatic rings. The Hall–Kier alpha value is -1.70. The van der Waals surface area contributed by atoms with E-state index in [-0.39, 0.29) is 10.7 Å². The lowest BCUT2D eigenvalue weighted by atomic mass is 10.1. The fourth-order valence-corrected chi connectivity index (χ4v) is 5.10. The van der Waals surface area contributed by atoms with Crippen molar-refractivity contribution in [3.63, 3.8) is 0 Å². The lowest BCUT2D eigenvalue weighted by Gasteiger charge is -2.09. The van der Waals surface area contributed by atoms with Crippen LogP contribution in [-0.4, -0.2) is 37.9 Å². The van der Waals surface area contributed by atoms with Crippen molar-refractivity contribution in [3.8, 4) is 0 Å². The van der Waals surface area contributed by atoms with Crippen molar-refractivity contribution < 1.29 is 12.8 Å². The third kappa shape index (κ3) is 3.49. The summed E-state index contributed by atoms with van der Waals surface area (Å²) >= 11 is 3.30. The molecule has 7 heteroatoms. The minimum Gasteiger partial charge on any atom is -0.309 e. The Morgan fingerprint density at radius 3 is 2.56 bits per heavy atom. The highest BCUT2D eigenvalue weighted by molar-refractivity contribution is 9.10. The molecule has 0 fully saturated rings. The van der Waals surface area contributed by atoms with Crippen molar-refractivity contribution in [2.75, 3.05) is 20.6 Å². The number of likely N-dealkylation sites (N-methyl/N-ethyl adjacent to an activating group) is 1. The summed E-state index contributed by atoms with van der Waals surface area (Å²) in [5.41, 5.74) is 1.28.